The molecule has 3 rings (SSSR count). The number of rotatable bonds is 5. The molecule has 0 spiro atoms. The zero-order valence-corrected chi connectivity index (χ0v) is 14.4. The summed E-state index contributed by atoms with van der Waals surface area (Å²) in [6, 6.07) is 12.9. The molecule has 2 aromatic carbocycles. The summed E-state index contributed by atoms with van der Waals surface area (Å²) in [4.78, 5) is 14.9. The van der Waals surface area contributed by atoms with Gasteiger partial charge in [-0.15, -0.1) is 0 Å². The number of anilines is 1. The van der Waals surface area contributed by atoms with Crippen molar-refractivity contribution in [3.05, 3.63) is 54.2 Å². The maximum atomic E-state index is 12.7. The van der Waals surface area contributed by atoms with Crippen LogP contribution in [0.25, 0.3) is 10.9 Å². The molecular weight excluding hydrogens is 344 g/mol. The number of fused-ring (bicyclic) bond motifs is 1. The van der Waals surface area contributed by atoms with Crippen molar-refractivity contribution in [2.75, 3.05) is 18.9 Å². The highest BCUT2D eigenvalue weighted by molar-refractivity contribution is 7.92. The molecule has 0 unspecified atom stereocenters. The smallest absolute Gasteiger partial charge is 0.356 e. The van der Waals surface area contributed by atoms with Gasteiger partial charge in [-0.2, -0.15) is 0 Å². The number of sulfonamides is 1. The van der Waals surface area contributed by atoms with E-state index in [2.05, 4.69) is 9.71 Å². The molecule has 0 aliphatic carbocycles. The fourth-order valence-electron chi connectivity index (χ4n) is 2.45. The summed E-state index contributed by atoms with van der Waals surface area (Å²) in [7, 11) is -1.17. The van der Waals surface area contributed by atoms with Gasteiger partial charge in [0.25, 0.3) is 10.0 Å². The van der Waals surface area contributed by atoms with Gasteiger partial charge in [-0.05, 0) is 30.3 Å². The van der Waals surface area contributed by atoms with E-state index in [-0.39, 0.29) is 16.3 Å². The lowest BCUT2D eigenvalue weighted by Gasteiger charge is -2.09. The number of para-hydroxylation sites is 1. The van der Waals surface area contributed by atoms with Gasteiger partial charge < -0.3 is 14.5 Å². The van der Waals surface area contributed by atoms with E-state index in [0.29, 0.717) is 16.7 Å². The molecule has 0 amide bonds. The molecule has 0 aliphatic heterocycles. The predicted molar refractivity (Wildman–Crippen MR) is 93.4 cm³/mol. The molecule has 8 heteroatoms. The van der Waals surface area contributed by atoms with Crippen LogP contribution in [0.4, 0.5) is 5.69 Å². The fourth-order valence-corrected chi connectivity index (χ4v) is 3.54. The van der Waals surface area contributed by atoms with E-state index in [4.69, 9.17) is 9.47 Å². The first-order chi connectivity index (χ1) is 12.0. The molecule has 1 heterocycles. The normalized spacial score (nSPS) is 11.3. The first-order valence-electron chi connectivity index (χ1n) is 7.32. The standard InChI is InChI=1S/C17H16N2O5S/c1-23-11-7-9-12(10-8-11)25(21,22)19-15-13-5-3-4-6-14(13)18-16(15)17(20)24-2/h3-10,18-19H,1-2H3. The third-order valence-corrected chi connectivity index (χ3v) is 5.07. The lowest BCUT2D eigenvalue weighted by atomic mass is 10.2. The third-order valence-electron chi connectivity index (χ3n) is 3.70. The molecule has 3 aromatic rings. The van der Waals surface area contributed by atoms with Crippen LogP contribution >= 0.6 is 0 Å². The van der Waals surface area contributed by atoms with Gasteiger partial charge in [-0.1, -0.05) is 18.2 Å². The molecule has 130 valence electrons. The van der Waals surface area contributed by atoms with Gasteiger partial charge in [0, 0.05) is 10.9 Å². The Bertz CT molecular complexity index is 1020. The number of benzene rings is 2. The molecule has 0 fully saturated rings. The summed E-state index contributed by atoms with van der Waals surface area (Å²) >= 11 is 0. The van der Waals surface area contributed by atoms with Crippen molar-refractivity contribution in [2.24, 2.45) is 0 Å². The van der Waals surface area contributed by atoms with Crippen molar-refractivity contribution < 1.29 is 22.7 Å². The summed E-state index contributed by atoms with van der Waals surface area (Å²) in [5.74, 6) is -0.120. The average Bonchev–Trinajstić information content (AvgIpc) is 2.99. The highest BCUT2D eigenvalue weighted by Crippen LogP contribution is 2.30. The Balaban J connectivity index is 2.07. The highest BCUT2D eigenvalue weighted by atomic mass is 32.2. The maximum Gasteiger partial charge on any atom is 0.356 e. The molecule has 0 saturated carbocycles. The molecule has 1 aromatic heterocycles. The van der Waals surface area contributed by atoms with E-state index in [1.54, 1.807) is 36.4 Å². The van der Waals surface area contributed by atoms with Gasteiger partial charge in [0.1, 0.15) is 5.75 Å². The Labute approximate surface area is 144 Å². The van der Waals surface area contributed by atoms with Crippen molar-refractivity contribution in [1.29, 1.82) is 0 Å². The van der Waals surface area contributed by atoms with E-state index in [1.807, 2.05) is 0 Å². The number of carbonyl (C=O) groups is 1. The number of methoxy groups -OCH3 is 2. The van der Waals surface area contributed by atoms with Crippen LogP contribution in [0.15, 0.2) is 53.4 Å². The fraction of sp³-hybridized carbons (Fsp3) is 0.118. The van der Waals surface area contributed by atoms with Crippen molar-refractivity contribution in [1.82, 2.24) is 4.98 Å². The minimum absolute atomic E-state index is 0.0424. The summed E-state index contributed by atoms with van der Waals surface area (Å²) in [6.45, 7) is 0. The Hall–Kier alpha value is -3.00. The van der Waals surface area contributed by atoms with E-state index in [1.165, 1.54) is 26.4 Å². The topological polar surface area (TPSA) is 97.5 Å². The van der Waals surface area contributed by atoms with Crippen LogP contribution in [0.1, 0.15) is 10.5 Å². The molecule has 0 radical (unpaired) electrons. The van der Waals surface area contributed by atoms with Gasteiger partial charge in [-0.3, -0.25) is 4.72 Å². The van der Waals surface area contributed by atoms with Crippen LogP contribution in [0.3, 0.4) is 0 Å². The number of carbonyl (C=O) groups excluding carboxylic acids is 1. The zero-order chi connectivity index (χ0) is 18.0. The first kappa shape index (κ1) is 16.8. The maximum absolute atomic E-state index is 12.7. The van der Waals surface area contributed by atoms with Crippen molar-refractivity contribution in [3.63, 3.8) is 0 Å². The molecule has 0 saturated heterocycles. The second-order valence-corrected chi connectivity index (χ2v) is 6.88. The summed E-state index contributed by atoms with van der Waals surface area (Å²) < 4.78 is 37.6. The zero-order valence-electron chi connectivity index (χ0n) is 13.6. The third kappa shape index (κ3) is 3.16. The minimum Gasteiger partial charge on any atom is -0.497 e. The summed E-state index contributed by atoms with van der Waals surface area (Å²) in [6.07, 6.45) is 0. The van der Waals surface area contributed by atoms with Gasteiger partial charge in [0.15, 0.2) is 5.69 Å². The van der Waals surface area contributed by atoms with Crippen molar-refractivity contribution in [2.45, 2.75) is 4.90 Å². The summed E-state index contributed by atoms with van der Waals surface area (Å²) in [5, 5.41) is 0.569. The van der Waals surface area contributed by atoms with E-state index in [0.717, 1.165) is 0 Å². The van der Waals surface area contributed by atoms with Crippen molar-refractivity contribution >= 4 is 32.6 Å². The number of hydrogen-bond donors (Lipinski definition) is 2. The largest absolute Gasteiger partial charge is 0.497 e. The minimum atomic E-state index is -3.90. The van der Waals surface area contributed by atoms with Crippen LogP contribution in [0.2, 0.25) is 0 Å². The van der Waals surface area contributed by atoms with Crippen LogP contribution < -0.4 is 9.46 Å². The van der Waals surface area contributed by atoms with E-state index in [9.17, 15) is 13.2 Å². The highest BCUT2D eigenvalue weighted by Gasteiger charge is 2.23. The van der Waals surface area contributed by atoms with Crippen LogP contribution in [-0.2, 0) is 14.8 Å². The quantitative estimate of drug-likeness (QED) is 0.682. The molecule has 2 N–H and O–H groups in total. The Morgan fingerprint density at radius 3 is 2.36 bits per heavy atom. The van der Waals surface area contributed by atoms with Gasteiger partial charge in [0.05, 0.1) is 24.8 Å². The molecular formula is C17H16N2O5S. The number of esters is 1. The molecule has 25 heavy (non-hydrogen) atoms. The molecule has 0 bridgehead atoms. The number of hydrogen-bond acceptors (Lipinski definition) is 5. The number of aromatic nitrogens is 1. The van der Waals surface area contributed by atoms with E-state index < -0.39 is 16.0 Å². The Morgan fingerprint density at radius 1 is 1.04 bits per heavy atom. The second-order valence-electron chi connectivity index (χ2n) is 5.19. The summed E-state index contributed by atoms with van der Waals surface area (Å²) in [5.41, 5.74) is 0.814. The Morgan fingerprint density at radius 2 is 1.72 bits per heavy atom. The number of ether oxygens (including phenoxy) is 2. The first-order valence-corrected chi connectivity index (χ1v) is 8.80. The number of nitrogens with one attached hydrogen (secondary N) is 2. The predicted octanol–water partition coefficient (Wildman–Crippen LogP) is 2.76. The monoisotopic (exact) mass is 360 g/mol. The molecule has 0 atom stereocenters. The lowest BCUT2D eigenvalue weighted by molar-refractivity contribution is 0.0596. The number of H-pyrrole nitrogens is 1. The second kappa shape index (κ2) is 6.48. The lowest BCUT2D eigenvalue weighted by Crippen LogP contribution is -2.15. The molecule has 7 nitrogen and oxygen atoms in total. The number of aromatic amines is 1. The Kier molecular flexibility index (Phi) is 4.37. The van der Waals surface area contributed by atoms with Crippen LogP contribution in [0.5, 0.6) is 5.75 Å². The molecule has 0 aliphatic rings. The van der Waals surface area contributed by atoms with Gasteiger partial charge in [-0.25, -0.2) is 13.2 Å². The SMILES string of the molecule is COC(=O)c1[nH]c2ccccc2c1NS(=O)(=O)c1ccc(OC)cc1. The average molecular weight is 360 g/mol. The van der Waals surface area contributed by atoms with Gasteiger partial charge >= 0.3 is 5.97 Å². The van der Waals surface area contributed by atoms with E-state index >= 15 is 0 Å². The van der Waals surface area contributed by atoms with Gasteiger partial charge in [0.2, 0.25) is 0 Å². The van der Waals surface area contributed by atoms with Crippen LogP contribution in [-0.4, -0.2) is 33.6 Å². The van der Waals surface area contributed by atoms with Crippen LogP contribution in [0, 0.1) is 0 Å². The van der Waals surface area contributed by atoms with Crippen molar-refractivity contribution in [3.8, 4) is 5.75 Å².